The Morgan fingerprint density at radius 2 is 2.29 bits per heavy atom. The Balaban J connectivity index is 1.89. The Morgan fingerprint density at radius 1 is 1.47 bits per heavy atom. The lowest BCUT2D eigenvalue weighted by Gasteiger charge is -2.13. The maximum absolute atomic E-state index is 11.2. The average Bonchev–Trinajstić information content (AvgIpc) is 2.59. The Kier molecular flexibility index (Phi) is 3.39. The zero-order chi connectivity index (χ0) is 12.3. The van der Waals surface area contributed by atoms with Gasteiger partial charge in [-0.05, 0) is 30.4 Å². The Labute approximate surface area is 105 Å². The van der Waals surface area contributed by atoms with Crippen molar-refractivity contribution >= 4 is 33.0 Å². The first-order valence-corrected chi connectivity index (χ1v) is 7.07. The number of aromatic nitrogens is 1. The smallest absolute Gasteiger partial charge is 0.173 e. The quantitative estimate of drug-likeness (QED) is 0.769. The molecule has 1 atom stereocenters. The third-order valence-corrected chi connectivity index (χ3v) is 3.77. The monoisotopic (exact) mass is 269 g/mol. The van der Waals surface area contributed by atoms with Gasteiger partial charge in [-0.25, -0.2) is 13.4 Å². The molecule has 0 fully saturated rings. The van der Waals surface area contributed by atoms with Gasteiger partial charge in [-0.1, -0.05) is 6.07 Å². The second kappa shape index (κ2) is 4.80. The second-order valence-electron chi connectivity index (χ2n) is 3.58. The SMILES string of the molecule is O=S1(=O)C=CC(NC(=S)Nc2ccccn2)C1. The third kappa shape index (κ3) is 3.50. The second-order valence-corrected chi connectivity index (χ2v) is 5.92. The fraction of sp³-hybridized carbons (Fsp3) is 0.200. The highest BCUT2D eigenvalue weighted by molar-refractivity contribution is 7.94. The van der Waals surface area contributed by atoms with E-state index >= 15 is 0 Å². The maximum Gasteiger partial charge on any atom is 0.173 e. The van der Waals surface area contributed by atoms with E-state index in [1.165, 1.54) is 5.41 Å². The van der Waals surface area contributed by atoms with Crippen LogP contribution >= 0.6 is 12.2 Å². The van der Waals surface area contributed by atoms with Gasteiger partial charge in [0.2, 0.25) is 0 Å². The van der Waals surface area contributed by atoms with E-state index in [-0.39, 0.29) is 11.8 Å². The molecular formula is C10H11N3O2S2. The molecule has 90 valence electrons. The van der Waals surface area contributed by atoms with Crippen LogP contribution in [-0.2, 0) is 9.84 Å². The van der Waals surface area contributed by atoms with Crippen LogP contribution in [0.3, 0.4) is 0 Å². The van der Waals surface area contributed by atoms with Crippen LogP contribution in [0.25, 0.3) is 0 Å². The molecule has 1 aliphatic rings. The van der Waals surface area contributed by atoms with Crippen LogP contribution in [0.4, 0.5) is 5.82 Å². The molecule has 0 aromatic carbocycles. The minimum absolute atomic E-state index is 0.0387. The van der Waals surface area contributed by atoms with Gasteiger partial charge >= 0.3 is 0 Å². The molecule has 1 aromatic heterocycles. The van der Waals surface area contributed by atoms with E-state index in [0.29, 0.717) is 10.9 Å². The molecule has 0 aliphatic carbocycles. The van der Waals surface area contributed by atoms with Crippen LogP contribution in [0, 0.1) is 0 Å². The van der Waals surface area contributed by atoms with Crippen molar-refractivity contribution in [3.8, 4) is 0 Å². The van der Waals surface area contributed by atoms with Crippen molar-refractivity contribution < 1.29 is 8.42 Å². The van der Waals surface area contributed by atoms with Gasteiger partial charge in [-0.2, -0.15) is 0 Å². The van der Waals surface area contributed by atoms with Gasteiger partial charge in [0, 0.05) is 11.6 Å². The van der Waals surface area contributed by atoms with E-state index in [1.807, 2.05) is 6.07 Å². The predicted molar refractivity (Wildman–Crippen MR) is 70.3 cm³/mol. The highest BCUT2D eigenvalue weighted by Gasteiger charge is 2.21. The van der Waals surface area contributed by atoms with Gasteiger partial charge in [0.15, 0.2) is 14.9 Å². The summed E-state index contributed by atoms with van der Waals surface area (Å²) in [7, 11) is -3.06. The van der Waals surface area contributed by atoms with E-state index in [2.05, 4.69) is 15.6 Å². The summed E-state index contributed by atoms with van der Waals surface area (Å²) in [6.45, 7) is 0. The Hall–Kier alpha value is -1.47. The first-order valence-electron chi connectivity index (χ1n) is 4.95. The number of anilines is 1. The summed E-state index contributed by atoms with van der Waals surface area (Å²) in [5.74, 6) is 0.659. The summed E-state index contributed by atoms with van der Waals surface area (Å²) in [6.07, 6.45) is 3.23. The number of nitrogens with one attached hydrogen (secondary N) is 2. The van der Waals surface area contributed by atoms with Gasteiger partial charge < -0.3 is 10.6 Å². The highest BCUT2D eigenvalue weighted by Crippen LogP contribution is 2.08. The molecule has 2 N–H and O–H groups in total. The van der Waals surface area contributed by atoms with E-state index in [1.54, 1.807) is 24.4 Å². The molecule has 0 saturated carbocycles. The zero-order valence-electron chi connectivity index (χ0n) is 8.83. The van der Waals surface area contributed by atoms with Crippen molar-refractivity contribution in [2.75, 3.05) is 11.1 Å². The largest absolute Gasteiger partial charge is 0.355 e. The summed E-state index contributed by atoms with van der Waals surface area (Å²) in [6, 6.07) is 5.13. The van der Waals surface area contributed by atoms with Crippen LogP contribution in [0.15, 0.2) is 35.9 Å². The molecule has 1 unspecified atom stereocenters. The average molecular weight is 269 g/mol. The van der Waals surface area contributed by atoms with Gasteiger partial charge in [0.05, 0.1) is 11.8 Å². The van der Waals surface area contributed by atoms with Crippen molar-refractivity contribution in [1.82, 2.24) is 10.3 Å². The number of sulfone groups is 1. The van der Waals surface area contributed by atoms with E-state index < -0.39 is 9.84 Å². The lowest BCUT2D eigenvalue weighted by atomic mass is 10.3. The lowest BCUT2D eigenvalue weighted by molar-refractivity contribution is 0.603. The summed E-state index contributed by atoms with van der Waals surface area (Å²) in [5.41, 5.74) is 0. The molecule has 0 spiro atoms. The Morgan fingerprint density at radius 3 is 2.88 bits per heavy atom. The van der Waals surface area contributed by atoms with Gasteiger partial charge in [-0.15, -0.1) is 0 Å². The van der Waals surface area contributed by atoms with Crippen molar-refractivity contribution in [2.24, 2.45) is 0 Å². The van der Waals surface area contributed by atoms with Crippen LogP contribution < -0.4 is 10.6 Å². The fourth-order valence-electron chi connectivity index (χ4n) is 1.42. The first kappa shape index (κ1) is 12.0. The molecule has 17 heavy (non-hydrogen) atoms. The molecule has 0 saturated heterocycles. The standard InChI is InChI=1S/C10H11N3O2S2/c14-17(15)6-4-8(7-17)12-10(16)13-9-3-1-2-5-11-9/h1-6,8H,7H2,(H2,11,12,13,16). The number of pyridine rings is 1. The normalized spacial score (nSPS) is 21.1. The van der Waals surface area contributed by atoms with Crippen molar-refractivity contribution in [3.05, 3.63) is 35.9 Å². The first-order chi connectivity index (χ1) is 8.05. The highest BCUT2D eigenvalue weighted by atomic mass is 32.2. The molecule has 0 amide bonds. The maximum atomic E-state index is 11.2. The van der Waals surface area contributed by atoms with E-state index in [4.69, 9.17) is 12.2 Å². The van der Waals surface area contributed by atoms with E-state index in [0.717, 1.165) is 0 Å². The number of rotatable bonds is 2. The van der Waals surface area contributed by atoms with Crippen molar-refractivity contribution in [2.45, 2.75) is 6.04 Å². The third-order valence-electron chi connectivity index (χ3n) is 2.15. The topological polar surface area (TPSA) is 71.1 Å². The Bertz CT molecular complexity index is 540. The summed E-state index contributed by atoms with van der Waals surface area (Å²) < 4.78 is 22.4. The molecule has 0 bridgehead atoms. The van der Waals surface area contributed by atoms with Crippen molar-refractivity contribution in [1.29, 1.82) is 0 Å². The van der Waals surface area contributed by atoms with Crippen LogP contribution in [0.1, 0.15) is 0 Å². The number of nitrogens with zero attached hydrogens (tertiary/aromatic N) is 1. The van der Waals surface area contributed by atoms with Crippen LogP contribution in [-0.4, -0.2) is 30.3 Å². The molecular weight excluding hydrogens is 258 g/mol. The van der Waals surface area contributed by atoms with Crippen LogP contribution in [0.5, 0.6) is 0 Å². The number of hydrogen-bond acceptors (Lipinski definition) is 4. The molecule has 5 nitrogen and oxygen atoms in total. The van der Waals surface area contributed by atoms with Crippen molar-refractivity contribution in [3.63, 3.8) is 0 Å². The lowest BCUT2D eigenvalue weighted by Crippen LogP contribution is -2.38. The minimum atomic E-state index is -3.06. The van der Waals surface area contributed by atoms with Crippen LogP contribution in [0.2, 0.25) is 0 Å². The van der Waals surface area contributed by atoms with Gasteiger partial charge in [-0.3, -0.25) is 0 Å². The number of thiocarbonyl (C=S) groups is 1. The minimum Gasteiger partial charge on any atom is -0.355 e. The molecule has 1 aromatic rings. The fourth-order valence-corrected chi connectivity index (χ4v) is 2.91. The summed E-state index contributed by atoms with van der Waals surface area (Å²) in [4.78, 5) is 4.05. The zero-order valence-corrected chi connectivity index (χ0v) is 10.5. The number of hydrogen-bond donors (Lipinski definition) is 2. The molecule has 1 aliphatic heterocycles. The summed E-state index contributed by atoms with van der Waals surface area (Å²) in [5, 5.41) is 7.33. The molecule has 7 heteroatoms. The van der Waals surface area contributed by atoms with Gasteiger partial charge in [0.25, 0.3) is 0 Å². The summed E-state index contributed by atoms with van der Waals surface area (Å²) >= 11 is 5.06. The van der Waals surface area contributed by atoms with Gasteiger partial charge in [0.1, 0.15) is 5.82 Å². The molecule has 2 rings (SSSR count). The predicted octanol–water partition coefficient (Wildman–Crippen LogP) is 0.679. The van der Waals surface area contributed by atoms with E-state index in [9.17, 15) is 8.42 Å². The molecule has 0 radical (unpaired) electrons. The molecule has 2 heterocycles.